The summed E-state index contributed by atoms with van der Waals surface area (Å²) in [7, 11) is 0. The Kier molecular flexibility index (Phi) is 4.10. The summed E-state index contributed by atoms with van der Waals surface area (Å²) in [6.07, 6.45) is 6.33. The summed E-state index contributed by atoms with van der Waals surface area (Å²) in [5, 5.41) is 17.6. The van der Waals surface area contributed by atoms with Crippen molar-refractivity contribution in [2.24, 2.45) is 0 Å². The van der Waals surface area contributed by atoms with E-state index in [1.165, 1.54) is 0 Å². The van der Waals surface area contributed by atoms with E-state index in [4.69, 9.17) is 4.74 Å². The van der Waals surface area contributed by atoms with Crippen LogP contribution in [0.1, 0.15) is 31.4 Å². The minimum Gasteiger partial charge on any atom is -0.508 e. The van der Waals surface area contributed by atoms with Crippen LogP contribution >= 0.6 is 0 Å². The largest absolute Gasteiger partial charge is 0.508 e. The molecule has 21 heavy (non-hydrogen) atoms. The second-order valence-electron chi connectivity index (χ2n) is 5.51. The summed E-state index contributed by atoms with van der Waals surface area (Å²) in [5.74, 6) is 0.309. The third kappa shape index (κ3) is 3.36. The molecule has 2 atom stereocenters. The van der Waals surface area contributed by atoms with Gasteiger partial charge >= 0.3 is 0 Å². The minimum atomic E-state index is 0.0200. The van der Waals surface area contributed by atoms with Crippen molar-refractivity contribution in [2.45, 2.75) is 38.5 Å². The summed E-state index contributed by atoms with van der Waals surface area (Å²) in [6.45, 7) is 3.68. The number of para-hydroxylation sites is 1. The van der Waals surface area contributed by atoms with Crippen molar-refractivity contribution in [2.75, 3.05) is 11.9 Å². The SMILES string of the molecule is CC(Nc1cnn(CC2CCCO2)c1)c1ccccc1O. The van der Waals surface area contributed by atoms with Gasteiger partial charge in [0.1, 0.15) is 5.75 Å². The van der Waals surface area contributed by atoms with Crippen molar-refractivity contribution in [3.8, 4) is 5.75 Å². The van der Waals surface area contributed by atoms with Gasteiger partial charge in [-0.3, -0.25) is 4.68 Å². The van der Waals surface area contributed by atoms with E-state index in [-0.39, 0.29) is 12.1 Å². The van der Waals surface area contributed by atoms with E-state index in [1.807, 2.05) is 42.2 Å². The monoisotopic (exact) mass is 287 g/mol. The van der Waals surface area contributed by atoms with E-state index in [1.54, 1.807) is 6.07 Å². The minimum absolute atomic E-state index is 0.0200. The predicted octanol–water partition coefficient (Wildman–Crippen LogP) is 2.94. The van der Waals surface area contributed by atoms with Gasteiger partial charge in [-0.25, -0.2) is 0 Å². The van der Waals surface area contributed by atoms with Gasteiger partial charge in [0.05, 0.1) is 30.6 Å². The van der Waals surface area contributed by atoms with Gasteiger partial charge in [0.15, 0.2) is 0 Å². The van der Waals surface area contributed by atoms with Gasteiger partial charge in [-0.05, 0) is 25.8 Å². The number of rotatable bonds is 5. The normalized spacial score (nSPS) is 19.6. The third-order valence-electron chi connectivity index (χ3n) is 3.83. The molecule has 1 saturated heterocycles. The van der Waals surface area contributed by atoms with Crippen molar-refractivity contribution in [3.05, 3.63) is 42.2 Å². The molecular formula is C16H21N3O2. The lowest BCUT2D eigenvalue weighted by molar-refractivity contribution is 0.0940. The summed E-state index contributed by atoms with van der Waals surface area (Å²) in [4.78, 5) is 0. The molecule has 112 valence electrons. The summed E-state index contributed by atoms with van der Waals surface area (Å²) in [6, 6.07) is 7.39. The first-order chi connectivity index (χ1) is 10.2. The fourth-order valence-corrected chi connectivity index (χ4v) is 2.72. The molecule has 0 spiro atoms. The molecule has 2 unspecified atom stereocenters. The molecule has 0 amide bonds. The second kappa shape index (κ2) is 6.18. The van der Waals surface area contributed by atoms with Gasteiger partial charge < -0.3 is 15.2 Å². The van der Waals surface area contributed by atoms with Crippen LogP contribution in [0.4, 0.5) is 5.69 Å². The van der Waals surface area contributed by atoms with E-state index in [9.17, 15) is 5.11 Å². The molecule has 0 aliphatic carbocycles. The van der Waals surface area contributed by atoms with Crippen LogP contribution in [0.25, 0.3) is 0 Å². The van der Waals surface area contributed by atoms with Crippen molar-refractivity contribution in [1.82, 2.24) is 9.78 Å². The van der Waals surface area contributed by atoms with Gasteiger partial charge in [-0.2, -0.15) is 5.10 Å². The molecule has 2 aromatic rings. The van der Waals surface area contributed by atoms with E-state index in [2.05, 4.69) is 10.4 Å². The molecular weight excluding hydrogens is 266 g/mol. The van der Waals surface area contributed by atoms with Crippen LogP contribution in [0.3, 0.4) is 0 Å². The number of phenols is 1. The molecule has 5 heteroatoms. The highest BCUT2D eigenvalue weighted by Crippen LogP contribution is 2.26. The van der Waals surface area contributed by atoms with Gasteiger partial charge in [0.25, 0.3) is 0 Å². The van der Waals surface area contributed by atoms with Crippen molar-refractivity contribution in [3.63, 3.8) is 0 Å². The zero-order valence-electron chi connectivity index (χ0n) is 12.2. The number of hydrogen-bond donors (Lipinski definition) is 2. The first-order valence-electron chi connectivity index (χ1n) is 7.41. The first kappa shape index (κ1) is 13.9. The van der Waals surface area contributed by atoms with Gasteiger partial charge in [-0.1, -0.05) is 18.2 Å². The molecule has 1 aromatic carbocycles. The molecule has 2 heterocycles. The first-order valence-corrected chi connectivity index (χ1v) is 7.41. The fourth-order valence-electron chi connectivity index (χ4n) is 2.72. The number of aromatic nitrogens is 2. The van der Waals surface area contributed by atoms with E-state index in [0.29, 0.717) is 5.75 Å². The molecule has 5 nitrogen and oxygen atoms in total. The van der Waals surface area contributed by atoms with Crippen LogP contribution in [-0.4, -0.2) is 27.6 Å². The maximum Gasteiger partial charge on any atom is 0.120 e. The van der Waals surface area contributed by atoms with Crippen LogP contribution in [0.15, 0.2) is 36.7 Å². The van der Waals surface area contributed by atoms with Crippen LogP contribution in [0.2, 0.25) is 0 Å². The second-order valence-corrected chi connectivity index (χ2v) is 5.51. The molecule has 2 N–H and O–H groups in total. The molecule has 1 fully saturated rings. The number of anilines is 1. The summed E-state index contributed by atoms with van der Waals surface area (Å²) >= 11 is 0. The number of nitrogens with zero attached hydrogens (tertiary/aromatic N) is 2. The Balaban J connectivity index is 1.62. The Bertz CT molecular complexity index is 591. The molecule has 3 rings (SSSR count). The lowest BCUT2D eigenvalue weighted by Crippen LogP contribution is -2.15. The molecule has 1 aliphatic rings. The number of nitrogens with one attached hydrogen (secondary N) is 1. The van der Waals surface area contributed by atoms with Gasteiger partial charge in [-0.15, -0.1) is 0 Å². The highest BCUT2D eigenvalue weighted by atomic mass is 16.5. The average Bonchev–Trinajstić information content (AvgIpc) is 3.12. The van der Waals surface area contributed by atoms with Gasteiger partial charge in [0.2, 0.25) is 0 Å². The summed E-state index contributed by atoms with van der Waals surface area (Å²) in [5.41, 5.74) is 1.83. The van der Waals surface area contributed by atoms with Crippen molar-refractivity contribution in [1.29, 1.82) is 0 Å². The quantitative estimate of drug-likeness (QED) is 0.887. The number of benzene rings is 1. The Hall–Kier alpha value is -2.01. The lowest BCUT2D eigenvalue weighted by atomic mass is 10.1. The Morgan fingerprint density at radius 3 is 3.10 bits per heavy atom. The van der Waals surface area contributed by atoms with Crippen LogP contribution in [-0.2, 0) is 11.3 Å². The molecule has 0 saturated carbocycles. The van der Waals surface area contributed by atoms with Crippen molar-refractivity contribution >= 4 is 5.69 Å². The highest BCUT2D eigenvalue weighted by Gasteiger charge is 2.17. The fraction of sp³-hybridized carbons (Fsp3) is 0.438. The van der Waals surface area contributed by atoms with E-state index >= 15 is 0 Å². The number of phenolic OH excluding ortho intramolecular Hbond substituents is 1. The van der Waals surface area contributed by atoms with Crippen molar-refractivity contribution < 1.29 is 9.84 Å². The Labute approximate surface area is 124 Å². The maximum atomic E-state index is 9.88. The standard InChI is InChI=1S/C16H21N3O2/c1-12(15-6-2-3-7-16(15)20)18-13-9-17-19(10-13)11-14-5-4-8-21-14/h2-3,6-7,9-10,12,14,18,20H,4-5,8,11H2,1H3. The zero-order valence-corrected chi connectivity index (χ0v) is 12.2. The molecule has 1 aromatic heterocycles. The smallest absolute Gasteiger partial charge is 0.120 e. The van der Waals surface area contributed by atoms with Gasteiger partial charge in [0, 0.05) is 18.4 Å². The van der Waals surface area contributed by atoms with Crippen LogP contribution < -0.4 is 5.32 Å². The average molecular weight is 287 g/mol. The summed E-state index contributed by atoms with van der Waals surface area (Å²) < 4.78 is 7.53. The lowest BCUT2D eigenvalue weighted by Gasteiger charge is -2.15. The topological polar surface area (TPSA) is 59.3 Å². The molecule has 1 aliphatic heterocycles. The predicted molar refractivity (Wildman–Crippen MR) is 81.3 cm³/mol. The van der Waals surface area contributed by atoms with E-state index in [0.717, 1.165) is 37.2 Å². The highest BCUT2D eigenvalue weighted by molar-refractivity contribution is 5.44. The number of ether oxygens (including phenoxy) is 1. The zero-order chi connectivity index (χ0) is 14.7. The van der Waals surface area contributed by atoms with Crippen LogP contribution in [0.5, 0.6) is 5.75 Å². The number of aromatic hydroxyl groups is 1. The maximum absolute atomic E-state index is 9.88. The number of hydrogen-bond acceptors (Lipinski definition) is 4. The van der Waals surface area contributed by atoms with E-state index < -0.39 is 0 Å². The Morgan fingerprint density at radius 2 is 2.33 bits per heavy atom. The van der Waals surface area contributed by atoms with Crippen LogP contribution in [0, 0.1) is 0 Å². The Morgan fingerprint density at radius 1 is 1.48 bits per heavy atom. The third-order valence-corrected chi connectivity index (χ3v) is 3.83. The molecule has 0 bridgehead atoms. The molecule has 0 radical (unpaired) electrons.